The largest absolute Gasteiger partial charge is 0.460 e. The number of rotatable bonds is 5. The van der Waals surface area contributed by atoms with Crippen molar-refractivity contribution in [2.45, 2.75) is 20.8 Å². The molecule has 2 aliphatic heterocycles. The van der Waals surface area contributed by atoms with Gasteiger partial charge >= 0.3 is 0 Å². The first-order valence-corrected chi connectivity index (χ1v) is 9.17. The van der Waals surface area contributed by atoms with Gasteiger partial charge in [-0.3, -0.25) is 14.6 Å². The third-order valence-corrected chi connectivity index (χ3v) is 4.84. The molecule has 0 fully saturated rings. The first-order valence-electron chi connectivity index (χ1n) is 9.17. The van der Waals surface area contributed by atoms with Gasteiger partial charge in [-0.2, -0.15) is 0 Å². The number of carbonyl (C=O) groups excluding carboxylic acids is 1. The van der Waals surface area contributed by atoms with Crippen LogP contribution in [0.3, 0.4) is 0 Å². The third kappa shape index (κ3) is 3.27. The van der Waals surface area contributed by atoms with Crippen molar-refractivity contribution in [2.24, 2.45) is 5.73 Å². The van der Waals surface area contributed by atoms with Crippen LogP contribution in [0.25, 0.3) is 5.70 Å². The van der Waals surface area contributed by atoms with Crippen LogP contribution in [0.1, 0.15) is 22.6 Å². The Morgan fingerprint density at radius 1 is 1.21 bits per heavy atom. The number of furan rings is 1. The molecule has 0 saturated heterocycles. The van der Waals surface area contributed by atoms with E-state index in [1.54, 1.807) is 0 Å². The molecule has 1 aromatic heterocycles. The van der Waals surface area contributed by atoms with Gasteiger partial charge < -0.3 is 20.8 Å². The molecule has 28 heavy (non-hydrogen) atoms. The fourth-order valence-electron chi connectivity index (χ4n) is 3.45. The highest BCUT2D eigenvalue weighted by molar-refractivity contribution is 5.75. The van der Waals surface area contributed by atoms with Crippen LogP contribution in [0.4, 0.5) is 5.69 Å². The van der Waals surface area contributed by atoms with Crippen LogP contribution in [0.5, 0.6) is 0 Å². The Labute approximate surface area is 163 Å². The maximum Gasteiger partial charge on any atom is 0.273 e. The number of anilines is 1. The lowest BCUT2D eigenvalue weighted by Gasteiger charge is -2.24. The van der Waals surface area contributed by atoms with Crippen molar-refractivity contribution in [3.63, 3.8) is 0 Å². The first-order chi connectivity index (χ1) is 13.4. The highest BCUT2D eigenvalue weighted by Gasteiger charge is 2.33. The van der Waals surface area contributed by atoms with Crippen LogP contribution in [-0.2, 0) is 4.79 Å². The number of para-hydroxylation sites is 1. The number of hydrogen-bond acceptors (Lipinski definition) is 5. The highest BCUT2D eigenvalue weighted by atomic mass is 16.3. The second kappa shape index (κ2) is 6.94. The van der Waals surface area contributed by atoms with E-state index in [1.807, 2.05) is 48.6 Å². The summed E-state index contributed by atoms with van der Waals surface area (Å²) in [6.07, 6.45) is 5.76. The molecule has 0 radical (unpaired) electrons. The Bertz CT molecular complexity index is 1010. The normalized spacial score (nSPS) is 18.0. The summed E-state index contributed by atoms with van der Waals surface area (Å²) in [4.78, 5) is 14.2. The molecule has 144 valence electrons. The quantitative estimate of drug-likeness (QED) is 0.633. The van der Waals surface area contributed by atoms with E-state index >= 15 is 0 Å². The Morgan fingerprint density at radius 2 is 1.96 bits per heavy atom. The van der Waals surface area contributed by atoms with Gasteiger partial charge in [-0.1, -0.05) is 18.2 Å². The monoisotopic (exact) mass is 378 g/mol. The van der Waals surface area contributed by atoms with Crippen LogP contribution in [-0.4, -0.2) is 17.4 Å². The van der Waals surface area contributed by atoms with Crippen LogP contribution in [0.15, 0.2) is 65.0 Å². The zero-order valence-electron chi connectivity index (χ0n) is 16.2. The van der Waals surface area contributed by atoms with Gasteiger partial charge in [-0.15, -0.1) is 0 Å². The number of nitrogens with zero attached hydrogens (tertiary/aromatic N) is 1. The maximum absolute atomic E-state index is 11.3. The fourth-order valence-corrected chi connectivity index (χ4v) is 3.45. The van der Waals surface area contributed by atoms with E-state index in [9.17, 15) is 4.79 Å². The molecule has 0 aliphatic carbocycles. The molecule has 1 aromatic carbocycles. The van der Waals surface area contributed by atoms with Gasteiger partial charge in [0.25, 0.3) is 5.91 Å². The lowest BCUT2D eigenvalue weighted by atomic mass is 10.1. The van der Waals surface area contributed by atoms with E-state index in [0.717, 1.165) is 50.6 Å². The summed E-state index contributed by atoms with van der Waals surface area (Å²) < 4.78 is 5.87. The van der Waals surface area contributed by atoms with Gasteiger partial charge in [-0.25, -0.2) is 0 Å². The zero-order chi connectivity index (χ0) is 19.8. The molecular formula is C21H24N5O2+. The summed E-state index contributed by atoms with van der Waals surface area (Å²) >= 11 is 0. The second-order valence-electron chi connectivity index (χ2n) is 7.08. The van der Waals surface area contributed by atoms with E-state index in [0.29, 0.717) is 0 Å². The molecule has 5 N–H and O–H groups in total. The van der Waals surface area contributed by atoms with Crippen molar-refractivity contribution in [1.82, 2.24) is 10.2 Å². The van der Waals surface area contributed by atoms with Crippen molar-refractivity contribution < 1.29 is 14.1 Å². The number of nitrogens with two attached hydrogens (primary N) is 1. The molecule has 1 unspecified atom stereocenters. The summed E-state index contributed by atoms with van der Waals surface area (Å²) in [5, 5.41) is 7.00. The van der Waals surface area contributed by atoms with Crippen molar-refractivity contribution in [1.29, 1.82) is 0 Å². The summed E-state index contributed by atoms with van der Waals surface area (Å²) in [6, 6.07) is 10.1. The van der Waals surface area contributed by atoms with Gasteiger partial charge in [0.2, 0.25) is 0 Å². The topological polar surface area (TPSA) is 88.0 Å². The van der Waals surface area contributed by atoms with E-state index in [4.69, 9.17) is 10.2 Å². The molecule has 0 saturated carbocycles. The number of aryl methyl sites for hydroxylation is 3. The van der Waals surface area contributed by atoms with Gasteiger partial charge in [-0.05, 0) is 44.0 Å². The van der Waals surface area contributed by atoms with Gasteiger partial charge in [0.05, 0.1) is 6.20 Å². The predicted molar refractivity (Wildman–Crippen MR) is 107 cm³/mol. The number of fused-ring (bicyclic) bond motifs is 1. The molecule has 3 heterocycles. The lowest BCUT2D eigenvalue weighted by molar-refractivity contribution is -0.783. The molecule has 2 aromatic rings. The zero-order valence-corrected chi connectivity index (χ0v) is 16.2. The Hall–Kier alpha value is -3.45. The number of benzene rings is 1. The Kier molecular flexibility index (Phi) is 4.44. The van der Waals surface area contributed by atoms with Crippen molar-refractivity contribution in [3.8, 4) is 0 Å². The van der Waals surface area contributed by atoms with Gasteiger partial charge in [0, 0.05) is 5.69 Å². The van der Waals surface area contributed by atoms with Crippen LogP contribution < -0.4 is 21.3 Å². The molecule has 7 nitrogen and oxygen atoms in total. The minimum atomic E-state index is -0.355. The van der Waals surface area contributed by atoms with Crippen molar-refractivity contribution in [2.75, 3.05) is 11.9 Å². The van der Waals surface area contributed by atoms with Crippen LogP contribution in [0, 0.1) is 20.8 Å². The van der Waals surface area contributed by atoms with Crippen LogP contribution in [0.2, 0.25) is 0 Å². The molecule has 1 amide bonds. The number of carbonyl (C=O) groups is 1. The molecular weight excluding hydrogens is 354 g/mol. The first kappa shape index (κ1) is 17.9. The molecule has 2 aliphatic rings. The van der Waals surface area contributed by atoms with E-state index in [2.05, 4.69) is 36.6 Å². The minimum absolute atomic E-state index is 0.199. The maximum atomic E-state index is 11.3. The smallest absolute Gasteiger partial charge is 0.273 e. The van der Waals surface area contributed by atoms with Crippen LogP contribution >= 0.6 is 0 Å². The molecule has 4 rings (SSSR count). The average molecular weight is 378 g/mol. The SMILES string of the molecule is Cc1ccc(C2=C(Nc3c(C)cccc3C)N3C=C[NH+](CC(N)=O)C=C3N2)o1. The molecule has 1 atom stereocenters. The number of nitrogens with one attached hydrogen (secondary N) is 3. The predicted octanol–water partition coefficient (Wildman–Crippen LogP) is 1.50. The Morgan fingerprint density at radius 3 is 2.61 bits per heavy atom. The van der Waals surface area contributed by atoms with Gasteiger partial charge in [0.1, 0.15) is 29.7 Å². The second-order valence-corrected chi connectivity index (χ2v) is 7.08. The van der Waals surface area contributed by atoms with E-state index in [-0.39, 0.29) is 12.5 Å². The minimum Gasteiger partial charge on any atom is -0.460 e. The van der Waals surface area contributed by atoms with E-state index in [1.165, 1.54) is 0 Å². The number of amides is 1. The third-order valence-electron chi connectivity index (χ3n) is 4.84. The number of hydrogen-bond donors (Lipinski definition) is 4. The average Bonchev–Trinajstić information content (AvgIpc) is 3.21. The van der Waals surface area contributed by atoms with E-state index < -0.39 is 0 Å². The number of quaternary nitrogens is 1. The van der Waals surface area contributed by atoms with Gasteiger partial charge in [0.15, 0.2) is 18.1 Å². The standard InChI is InChI=1S/C21H23N5O2/c1-13-5-4-6-14(2)19(13)24-21-20(16-8-7-15(3)28-16)23-18-12-25(11-17(22)27)9-10-26(18)21/h4-10,12,23-24H,11H2,1-3H3,(H2,22,27)/p+1. The summed E-state index contributed by atoms with van der Waals surface area (Å²) in [7, 11) is 0. The fraction of sp³-hybridized carbons (Fsp3) is 0.190. The summed E-state index contributed by atoms with van der Waals surface area (Å²) in [6.45, 7) is 6.28. The molecule has 7 heteroatoms. The highest BCUT2D eigenvalue weighted by Crippen LogP contribution is 2.33. The Balaban J connectivity index is 1.75. The lowest BCUT2D eigenvalue weighted by Crippen LogP contribution is -3.05. The molecule has 0 spiro atoms. The summed E-state index contributed by atoms with van der Waals surface area (Å²) in [5.41, 5.74) is 9.56. The summed E-state index contributed by atoms with van der Waals surface area (Å²) in [5.74, 6) is 2.94. The number of primary amides is 1. The van der Waals surface area contributed by atoms with Crippen molar-refractivity contribution in [3.05, 3.63) is 83.2 Å². The molecule has 0 bridgehead atoms. The van der Waals surface area contributed by atoms with Crippen molar-refractivity contribution >= 4 is 17.3 Å².